The fourth-order valence-corrected chi connectivity index (χ4v) is 206. The maximum absolute atomic E-state index is 12.5. The summed E-state index contributed by atoms with van der Waals surface area (Å²) in [4.78, 5) is 0. The lowest BCUT2D eigenvalue weighted by Crippen LogP contribution is -2.56. The Kier molecular flexibility index (Phi) is 20.9. The third-order valence-corrected chi connectivity index (χ3v) is 144. The molecule has 0 N–H and O–H groups in total. The predicted octanol–water partition coefficient (Wildman–Crippen LogP) is -7.35. The smallest absolute Gasteiger partial charge is 0.532 e. The molecule has 0 aliphatic rings. The van der Waals surface area contributed by atoms with Crippen LogP contribution in [0.1, 0.15) is 0 Å². The first-order chi connectivity index (χ1) is 20.8. The van der Waals surface area contributed by atoms with Crippen LogP contribution in [0, 0.1) is 0 Å². The highest BCUT2D eigenvalue weighted by Gasteiger charge is 2.56. The van der Waals surface area contributed by atoms with E-state index in [0.29, 0.717) is 0 Å². The van der Waals surface area contributed by atoms with Crippen LogP contribution in [0.2, 0.25) is 32.7 Å². The van der Waals surface area contributed by atoms with Crippen molar-refractivity contribution in [1.82, 2.24) is 0 Å². The Balaban J connectivity index is 5.63. The van der Waals surface area contributed by atoms with Gasteiger partial charge in [0.15, 0.2) is 9.04 Å². The molecule has 0 aliphatic heterocycles. The van der Waals surface area contributed by atoms with Crippen molar-refractivity contribution in [3.8, 4) is 0 Å². The summed E-state index contributed by atoms with van der Waals surface area (Å²) in [7, 11) is -77.9. The van der Waals surface area contributed by atoms with E-state index < -0.39 is 166 Å². The number of hydrogen-bond donors (Lipinski definition) is 0. The van der Waals surface area contributed by atoms with Gasteiger partial charge in [-0.3, -0.25) is 0 Å². The van der Waals surface area contributed by atoms with Crippen LogP contribution in [0.15, 0.2) is 0 Å². The monoisotopic (exact) mass is 983 g/mol. The third-order valence-electron chi connectivity index (χ3n) is 4.23. The van der Waals surface area contributed by atoms with Gasteiger partial charge >= 0.3 is 140 Å². The minimum absolute atomic E-state index is 0.839. The zero-order valence-corrected chi connectivity index (χ0v) is 44.7. The molecule has 0 fully saturated rings. The summed E-state index contributed by atoms with van der Waals surface area (Å²) < 4.78 is 233. The molecular weight excluding hydrogens is 970 g/mol. The van der Waals surface area contributed by atoms with Gasteiger partial charge in [-0.2, -0.15) is 0 Å². The summed E-state index contributed by atoms with van der Waals surface area (Å²) in [6.07, 6.45) is 0. The van der Waals surface area contributed by atoms with Crippen LogP contribution in [0.25, 0.3) is 0 Å². The molecule has 41 heteroatoms. The second kappa shape index (κ2) is 20.5. The van der Waals surface area contributed by atoms with Crippen LogP contribution < -0.4 is 0 Å². The van der Waals surface area contributed by atoms with Crippen LogP contribution in [0.3, 0.4) is 0 Å². The first kappa shape index (κ1) is 46.7. The molecule has 0 saturated carbocycles. The molecule has 3 radical (unpaired) electrons. The highest BCUT2D eigenvalue weighted by atomic mass is 30.1. The van der Waals surface area contributed by atoms with E-state index in [1.165, 1.54) is 19.6 Å². The molecule has 0 aliphatic carbocycles. The molecule has 0 aromatic heterocycles. The van der Waals surface area contributed by atoms with E-state index in [9.17, 15) is 80.3 Å². The van der Waals surface area contributed by atoms with E-state index in [0.717, 1.165) is 0 Å². The SMILES string of the molecule is C[Si](C)O[Si][Si](=O)[Si](=O)[Si](=O)[Si](=O)[Si](=O)[Si](=O)[Si](=O)[Si](=O)[Si](=O)[Si](=O)[Si](=O)[Si](=O)[Si](=O)[Si](=O)[Si](=O)[Si](=O)[Si](=O)[Si](=O)O[Si](C)(C)C. The summed E-state index contributed by atoms with van der Waals surface area (Å²) >= 11 is 0. The summed E-state index contributed by atoms with van der Waals surface area (Å²) in [5.74, 6) is 0. The molecule has 239 valence electrons. The Morgan fingerprint density at radius 2 is 0.587 bits per heavy atom. The largest absolute Gasteiger partial charge is 0.578 e. The summed E-state index contributed by atoms with van der Waals surface area (Å²) in [5.41, 5.74) is 0. The van der Waals surface area contributed by atoms with E-state index in [1.807, 2.05) is 0 Å². The van der Waals surface area contributed by atoms with Crippen LogP contribution in [-0.4, -0.2) is 166 Å². The van der Waals surface area contributed by atoms with Gasteiger partial charge in [-0.25, -0.2) is 0 Å². The first-order valence-corrected chi connectivity index (χ1v) is 61.5. The number of hydrogen-bond acceptors (Lipinski definition) is 20. The highest BCUT2D eigenvalue weighted by Crippen LogP contribution is 2.02. The molecule has 0 aromatic rings. The maximum atomic E-state index is 12.5. The molecule has 0 aromatic carbocycles. The molecular formula is C5H15O20Si21. The Bertz CT molecular complexity index is 1640. The Morgan fingerprint density at radius 3 is 0.804 bits per heavy atom. The van der Waals surface area contributed by atoms with Crippen molar-refractivity contribution < 1.29 is 88.5 Å². The lowest BCUT2D eigenvalue weighted by molar-refractivity contribution is 0.462. The summed E-state index contributed by atoms with van der Waals surface area (Å²) in [6.45, 7) is 7.86. The molecule has 20 nitrogen and oxygen atoms in total. The lowest BCUT2D eigenvalue weighted by Gasteiger charge is -2.16. The average molecular weight is 985 g/mol. The van der Waals surface area contributed by atoms with Crippen molar-refractivity contribution in [2.45, 2.75) is 32.7 Å². The Hall–Kier alpha value is 0.715. The Morgan fingerprint density at radius 1 is 0.370 bits per heavy atom. The van der Waals surface area contributed by atoms with Crippen molar-refractivity contribution in [3.63, 3.8) is 0 Å². The Labute approximate surface area is 285 Å². The molecule has 0 bridgehead atoms. The van der Waals surface area contributed by atoms with Gasteiger partial charge < -0.3 is 88.5 Å². The van der Waals surface area contributed by atoms with Crippen molar-refractivity contribution >= 4 is 166 Å². The molecule has 0 saturated heterocycles. The topological polar surface area (TPSA) is 326 Å². The zero-order valence-electron chi connectivity index (χ0n) is 23.7. The fourth-order valence-electron chi connectivity index (χ4n) is 2.16. The van der Waals surface area contributed by atoms with Gasteiger partial charge in [0.25, 0.3) is 9.28 Å². The molecule has 0 spiro atoms. The van der Waals surface area contributed by atoms with Crippen LogP contribution in [-0.2, 0) is 88.5 Å². The van der Waals surface area contributed by atoms with E-state index in [4.69, 9.17) is 8.23 Å². The van der Waals surface area contributed by atoms with Gasteiger partial charge in [-0.1, -0.05) is 0 Å². The van der Waals surface area contributed by atoms with Crippen LogP contribution in [0.4, 0.5) is 0 Å². The number of rotatable bonds is 22. The standard InChI is InChI=1S/C5H15O20Si21/c1-27(2)24-26-29(7)31(9)33(11)35(13)37(15)39(17)41(19)43(21)45(23)44(22)42(20)40(18)38(16)36(14)34(12)32(10)30(8)28(6)25-46(3,4)5/h1-5H3. The summed E-state index contributed by atoms with van der Waals surface area (Å²) in [5, 5.41) is 0. The van der Waals surface area contributed by atoms with Gasteiger partial charge in [0, 0.05) is 0 Å². The quantitative estimate of drug-likeness (QED) is 0.0910. The molecule has 0 amide bonds. The lowest BCUT2D eigenvalue weighted by atomic mass is 11.8. The van der Waals surface area contributed by atoms with Gasteiger partial charge in [0.2, 0.25) is 8.32 Å². The van der Waals surface area contributed by atoms with Gasteiger partial charge in [-0.05, 0) is 32.7 Å². The zero-order chi connectivity index (χ0) is 36.6. The second-order valence-corrected chi connectivity index (χ2v) is 103. The molecule has 0 unspecified atom stereocenters. The normalized spacial score (nSPS) is 10.5. The van der Waals surface area contributed by atoms with Crippen LogP contribution >= 0.6 is 0 Å². The molecule has 0 atom stereocenters. The van der Waals surface area contributed by atoms with Gasteiger partial charge in [0.1, 0.15) is 0 Å². The minimum atomic E-state index is -4.36. The fraction of sp³-hybridized carbons (Fsp3) is 1.00. The first-order valence-electron chi connectivity index (χ1n) is 11.5. The van der Waals surface area contributed by atoms with E-state index in [1.54, 1.807) is 13.1 Å². The maximum Gasteiger partial charge on any atom is 0.532 e. The third kappa shape index (κ3) is 13.8. The van der Waals surface area contributed by atoms with E-state index in [2.05, 4.69) is 0 Å². The van der Waals surface area contributed by atoms with Crippen LogP contribution in [0.5, 0.6) is 0 Å². The highest BCUT2D eigenvalue weighted by molar-refractivity contribution is 7.82. The van der Waals surface area contributed by atoms with Crippen molar-refractivity contribution in [1.29, 1.82) is 0 Å². The molecule has 0 rings (SSSR count). The summed E-state index contributed by atoms with van der Waals surface area (Å²) in [6, 6.07) is 0. The van der Waals surface area contributed by atoms with Crippen molar-refractivity contribution in [2.75, 3.05) is 0 Å². The second-order valence-electron chi connectivity index (χ2n) is 9.21. The van der Waals surface area contributed by atoms with Gasteiger partial charge in [-0.15, -0.1) is 0 Å². The van der Waals surface area contributed by atoms with Crippen molar-refractivity contribution in [3.05, 3.63) is 0 Å². The molecule has 46 heavy (non-hydrogen) atoms. The minimum Gasteiger partial charge on any atom is -0.578 e. The van der Waals surface area contributed by atoms with Crippen molar-refractivity contribution in [2.24, 2.45) is 0 Å². The van der Waals surface area contributed by atoms with Gasteiger partial charge in [0.05, 0.1) is 0 Å². The van der Waals surface area contributed by atoms with E-state index >= 15 is 0 Å². The molecule has 0 heterocycles. The average Bonchev–Trinajstić information content (AvgIpc) is 3.00. The van der Waals surface area contributed by atoms with E-state index in [-0.39, 0.29) is 0 Å². The predicted molar refractivity (Wildman–Crippen MR) is 165 cm³/mol.